The molecule has 0 aliphatic rings. The summed E-state index contributed by atoms with van der Waals surface area (Å²) >= 11 is 5.68. The molecular formula is C9H10ClNO4. The molecule has 0 spiro atoms. The minimum absolute atomic E-state index is 0.0264. The normalized spacial score (nSPS) is 9.80. The molecule has 0 bridgehead atoms. The first-order valence-corrected chi connectivity index (χ1v) is 4.34. The largest absolute Gasteiger partial charge is 0.505 e. The number of ether oxygens (including phenoxy) is 2. The Bertz CT molecular complexity index is 406. The molecule has 0 atom stereocenters. The van der Waals surface area contributed by atoms with Crippen LogP contribution in [0.25, 0.3) is 0 Å². The third-order valence-corrected chi connectivity index (χ3v) is 2.13. The molecule has 0 aliphatic heterocycles. The van der Waals surface area contributed by atoms with E-state index in [1.807, 2.05) is 0 Å². The summed E-state index contributed by atoms with van der Waals surface area (Å²) < 4.78 is 9.85. The number of nitrogens with two attached hydrogens (primary N) is 1. The molecule has 15 heavy (non-hydrogen) atoms. The Morgan fingerprint density at radius 2 is 2.07 bits per heavy atom. The standard InChI is InChI=1S/C9H10ClNO4/c1-14-5-3-4(10)7(12)6(9(11)13)8(5)15-2/h3,12H,1-2H3,(H2,11,13). The zero-order chi connectivity index (χ0) is 11.6. The van der Waals surface area contributed by atoms with Gasteiger partial charge in [0.05, 0.1) is 19.2 Å². The van der Waals surface area contributed by atoms with Crippen LogP contribution in [0.5, 0.6) is 17.2 Å². The summed E-state index contributed by atoms with van der Waals surface area (Å²) in [5.41, 5.74) is 4.90. The third-order valence-electron chi connectivity index (χ3n) is 1.84. The molecule has 0 radical (unpaired) electrons. The topological polar surface area (TPSA) is 81.8 Å². The van der Waals surface area contributed by atoms with Crippen molar-refractivity contribution < 1.29 is 19.4 Å². The first-order valence-electron chi connectivity index (χ1n) is 3.96. The van der Waals surface area contributed by atoms with Crippen molar-refractivity contribution in [1.82, 2.24) is 0 Å². The maximum Gasteiger partial charge on any atom is 0.256 e. The second-order valence-electron chi connectivity index (χ2n) is 2.68. The van der Waals surface area contributed by atoms with Gasteiger partial charge in [0.25, 0.3) is 5.91 Å². The van der Waals surface area contributed by atoms with Crippen molar-refractivity contribution >= 4 is 17.5 Å². The number of halogens is 1. The van der Waals surface area contributed by atoms with Crippen LogP contribution in [0.2, 0.25) is 5.02 Å². The van der Waals surface area contributed by atoms with Gasteiger partial charge >= 0.3 is 0 Å². The second-order valence-corrected chi connectivity index (χ2v) is 3.09. The van der Waals surface area contributed by atoms with E-state index in [0.717, 1.165) is 0 Å². The van der Waals surface area contributed by atoms with E-state index < -0.39 is 11.7 Å². The molecule has 3 N–H and O–H groups in total. The number of carbonyl (C=O) groups is 1. The Labute approximate surface area is 91.4 Å². The van der Waals surface area contributed by atoms with E-state index in [0.29, 0.717) is 0 Å². The number of primary amides is 1. The van der Waals surface area contributed by atoms with Crippen molar-refractivity contribution in [2.45, 2.75) is 0 Å². The Morgan fingerprint density at radius 1 is 1.47 bits per heavy atom. The van der Waals surface area contributed by atoms with Crippen LogP contribution >= 0.6 is 11.6 Å². The van der Waals surface area contributed by atoms with Crippen LogP contribution in [-0.4, -0.2) is 25.2 Å². The van der Waals surface area contributed by atoms with E-state index in [1.165, 1.54) is 20.3 Å². The van der Waals surface area contributed by atoms with Gasteiger partial charge in [-0.3, -0.25) is 4.79 Å². The summed E-state index contributed by atoms with van der Waals surface area (Å²) in [5.74, 6) is -0.965. The molecule has 82 valence electrons. The molecule has 1 amide bonds. The Balaban J connectivity index is 3.56. The van der Waals surface area contributed by atoms with E-state index in [1.54, 1.807) is 0 Å². The van der Waals surface area contributed by atoms with E-state index in [-0.39, 0.29) is 22.1 Å². The van der Waals surface area contributed by atoms with Crippen molar-refractivity contribution in [2.75, 3.05) is 14.2 Å². The molecule has 0 saturated carbocycles. The van der Waals surface area contributed by atoms with Crippen LogP contribution < -0.4 is 15.2 Å². The minimum atomic E-state index is -0.842. The van der Waals surface area contributed by atoms with Gasteiger partial charge in [0.1, 0.15) is 5.56 Å². The molecule has 5 nitrogen and oxygen atoms in total. The lowest BCUT2D eigenvalue weighted by Gasteiger charge is -2.13. The number of phenols is 1. The van der Waals surface area contributed by atoms with Crippen molar-refractivity contribution in [2.24, 2.45) is 5.73 Å². The Kier molecular flexibility index (Phi) is 3.26. The highest BCUT2D eigenvalue weighted by atomic mass is 35.5. The van der Waals surface area contributed by atoms with Crippen LogP contribution in [0.15, 0.2) is 6.07 Å². The molecular weight excluding hydrogens is 222 g/mol. The number of benzene rings is 1. The van der Waals surface area contributed by atoms with Gasteiger partial charge in [0, 0.05) is 6.07 Å². The number of hydrogen-bond donors (Lipinski definition) is 2. The fraction of sp³-hybridized carbons (Fsp3) is 0.222. The quantitative estimate of drug-likeness (QED) is 0.818. The summed E-state index contributed by atoms with van der Waals surface area (Å²) in [6.07, 6.45) is 0. The number of rotatable bonds is 3. The smallest absolute Gasteiger partial charge is 0.256 e. The van der Waals surface area contributed by atoms with Crippen LogP contribution in [-0.2, 0) is 0 Å². The number of hydrogen-bond acceptors (Lipinski definition) is 4. The monoisotopic (exact) mass is 231 g/mol. The molecule has 0 heterocycles. The van der Waals surface area contributed by atoms with Gasteiger partial charge in [0.15, 0.2) is 17.2 Å². The highest BCUT2D eigenvalue weighted by Crippen LogP contribution is 2.41. The Morgan fingerprint density at radius 3 is 2.47 bits per heavy atom. The summed E-state index contributed by atoms with van der Waals surface area (Å²) in [5, 5.41) is 9.51. The van der Waals surface area contributed by atoms with Crippen LogP contribution in [0.1, 0.15) is 10.4 Å². The highest BCUT2D eigenvalue weighted by molar-refractivity contribution is 6.33. The minimum Gasteiger partial charge on any atom is -0.505 e. The fourth-order valence-electron chi connectivity index (χ4n) is 1.18. The highest BCUT2D eigenvalue weighted by Gasteiger charge is 2.22. The zero-order valence-electron chi connectivity index (χ0n) is 8.20. The van der Waals surface area contributed by atoms with Crippen molar-refractivity contribution in [3.05, 3.63) is 16.7 Å². The predicted molar refractivity (Wildman–Crippen MR) is 54.7 cm³/mol. The maximum atomic E-state index is 11.1. The van der Waals surface area contributed by atoms with E-state index in [4.69, 9.17) is 26.8 Å². The van der Waals surface area contributed by atoms with E-state index in [2.05, 4.69) is 0 Å². The second kappa shape index (κ2) is 4.27. The summed E-state index contributed by atoms with van der Waals surface area (Å²) in [6.45, 7) is 0. The number of methoxy groups -OCH3 is 2. The zero-order valence-corrected chi connectivity index (χ0v) is 8.96. The summed E-state index contributed by atoms with van der Waals surface area (Å²) in [6, 6.07) is 1.34. The molecule has 0 saturated heterocycles. The van der Waals surface area contributed by atoms with Crippen LogP contribution in [0.4, 0.5) is 0 Å². The Hall–Kier alpha value is -1.62. The number of carbonyl (C=O) groups excluding carboxylic acids is 1. The van der Waals surface area contributed by atoms with Gasteiger partial charge in [-0.2, -0.15) is 0 Å². The molecule has 1 aromatic carbocycles. The van der Waals surface area contributed by atoms with Gasteiger partial charge < -0.3 is 20.3 Å². The third kappa shape index (κ3) is 1.92. The van der Waals surface area contributed by atoms with Crippen LogP contribution in [0.3, 0.4) is 0 Å². The molecule has 1 aromatic rings. The molecule has 0 fully saturated rings. The lowest BCUT2D eigenvalue weighted by molar-refractivity contribution is 0.0994. The summed E-state index contributed by atoms with van der Waals surface area (Å²) in [4.78, 5) is 11.1. The molecule has 0 aliphatic carbocycles. The van der Waals surface area contributed by atoms with Gasteiger partial charge in [-0.05, 0) is 0 Å². The van der Waals surface area contributed by atoms with Gasteiger partial charge in [-0.25, -0.2) is 0 Å². The molecule has 0 unspecified atom stereocenters. The molecule has 1 rings (SSSR count). The van der Waals surface area contributed by atoms with Crippen molar-refractivity contribution in [3.8, 4) is 17.2 Å². The van der Waals surface area contributed by atoms with Crippen molar-refractivity contribution in [3.63, 3.8) is 0 Å². The SMILES string of the molecule is COc1cc(Cl)c(O)c(C(N)=O)c1OC. The van der Waals surface area contributed by atoms with Crippen molar-refractivity contribution in [1.29, 1.82) is 0 Å². The van der Waals surface area contributed by atoms with Crippen LogP contribution in [0, 0.1) is 0 Å². The fourth-order valence-corrected chi connectivity index (χ4v) is 1.38. The lowest BCUT2D eigenvalue weighted by atomic mass is 10.1. The molecule has 6 heteroatoms. The molecule has 0 aromatic heterocycles. The average molecular weight is 232 g/mol. The van der Waals surface area contributed by atoms with E-state index >= 15 is 0 Å². The lowest BCUT2D eigenvalue weighted by Crippen LogP contribution is -2.13. The first-order chi connectivity index (χ1) is 7.02. The maximum absolute atomic E-state index is 11.1. The van der Waals surface area contributed by atoms with Gasteiger partial charge in [-0.15, -0.1) is 0 Å². The number of amides is 1. The number of aromatic hydroxyl groups is 1. The van der Waals surface area contributed by atoms with Gasteiger partial charge in [-0.1, -0.05) is 11.6 Å². The van der Waals surface area contributed by atoms with Gasteiger partial charge in [0.2, 0.25) is 0 Å². The first kappa shape index (κ1) is 11.5. The average Bonchev–Trinajstić information content (AvgIpc) is 2.20. The predicted octanol–water partition coefficient (Wildman–Crippen LogP) is 1.16. The van der Waals surface area contributed by atoms with E-state index in [9.17, 15) is 9.90 Å². The summed E-state index contributed by atoms with van der Waals surface area (Å²) in [7, 11) is 2.72.